The van der Waals surface area contributed by atoms with Crippen molar-refractivity contribution in [3.63, 3.8) is 0 Å². The van der Waals surface area contributed by atoms with E-state index in [9.17, 15) is 9.59 Å². The van der Waals surface area contributed by atoms with Crippen LogP contribution in [0.3, 0.4) is 0 Å². The molecule has 6 heteroatoms. The maximum Gasteiger partial charge on any atom is 0.303 e. The van der Waals surface area contributed by atoms with Gasteiger partial charge in [0.15, 0.2) is 0 Å². The van der Waals surface area contributed by atoms with E-state index < -0.39 is 5.97 Å². The number of para-hydroxylation sites is 1. The summed E-state index contributed by atoms with van der Waals surface area (Å²) in [7, 11) is 0. The second kappa shape index (κ2) is 6.82. The molecule has 4 atom stereocenters. The minimum absolute atomic E-state index is 0.00624. The SMILES string of the molecule is CC1(C)Oc2ccccc2[C@@H]2O[C@@H]3CCN(C(=O)CCCC(=O)O)[C@H]3C[C@H]21. The standard InChI is InChI=1S/C21H27NO5/c1-21(2)14-12-15-17(10-11-22(15)18(23)8-5-9-19(24)25)26-20(14)13-6-3-4-7-16(13)27-21/h3-4,6-7,14-15,17,20H,5,8-12H2,1-2H3,(H,24,25)/t14-,15+,17-,20+/m1/s1. The van der Waals surface area contributed by atoms with Crippen LogP contribution in [0.15, 0.2) is 24.3 Å². The Bertz CT molecular complexity index is 746. The average molecular weight is 373 g/mol. The Labute approximate surface area is 159 Å². The molecule has 0 spiro atoms. The fourth-order valence-electron chi connectivity index (χ4n) is 4.88. The zero-order valence-corrected chi connectivity index (χ0v) is 15.9. The monoisotopic (exact) mass is 373 g/mol. The van der Waals surface area contributed by atoms with Crippen LogP contribution in [0.2, 0.25) is 0 Å². The molecule has 0 saturated carbocycles. The van der Waals surface area contributed by atoms with Gasteiger partial charge in [0.05, 0.1) is 18.2 Å². The zero-order chi connectivity index (χ0) is 19.2. The van der Waals surface area contributed by atoms with Crippen LogP contribution in [0.1, 0.15) is 57.6 Å². The van der Waals surface area contributed by atoms with E-state index in [1.165, 1.54) is 0 Å². The van der Waals surface area contributed by atoms with E-state index in [-0.39, 0.29) is 48.5 Å². The highest BCUT2D eigenvalue weighted by Crippen LogP contribution is 2.52. The number of aliphatic carboxylic acids is 1. The number of nitrogens with zero attached hydrogens (tertiary/aromatic N) is 1. The molecule has 3 aliphatic rings. The highest BCUT2D eigenvalue weighted by Gasteiger charge is 2.53. The van der Waals surface area contributed by atoms with E-state index in [1.54, 1.807) is 0 Å². The van der Waals surface area contributed by atoms with Gasteiger partial charge in [0.25, 0.3) is 0 Å². The predicted octanol–water partition coefficient (Wildman–Crippen LogP) is 3.16. The van der Waals surface area contributed by atoms with Crippen LogP contribution in [-0.4, -0.2) is 46.2 Å². The molecular formula is C21H27NO5. The summed E-state index contributed by atoms with van der Waals surface area (Å²) in [4.78, 5) is 25.3. The first-order chi connectivity index (χ1) is 12.9. The lowest BCUT2D eigenvalue weighted by Crippen LogP contribution is -2.54. The maximum atomic E-state index is 12.6. The van der Waals surface area contributed by atoms with E-state index in [0.717, 1.165) is 24.2 Å². The number of rotatable bonds is 4. The number of ether oxygens (including phenoxy) is 2. The summed E-state index contributed by atoms with van der Waals surface area (Å²) >= 11 is 0. The Morgan fingerprint density at radius 2 is 2.04 bits per heavy atom. The molecule has 2 saturated heterocycles. The Morgan fingerprint density at radius 3 is 2.81 bits per heavy atom. The molecule has 3 heterocycles. The largest absolute Gasteiger partial charge is 0.487 e. The summed E-state index contributed by atoms with van der Waals surface area (Å²) in [5, 5.41) is 8.79. The summed E-state index contributed by atoms with van der Waals surface area (Å²) in [6.07, 6.45) is 2.42. The summed E-state index contributed by atoms with van der Waals surface area (Å²) in [5.74, 6) is 0.245. The molecule has 0 radical (unpaired) electrons. The van der Waals surface area contributed by atoms with Crippen molar-refractivity contribution in [2.45, 2.75) is 69.8 Å². The number of hydrogen-bond acceptors (Lipinski definition) is 4. The second-order valence-electron chi connectivity index (χ2n) is 8.37. The van der Waals surface area contributed by atoms with Gasteiger partial charge in [-0.15, -0.1) is 0 Å². The normalized spacial score (nSPS) is 30.7. The van der Waals surface area contributed by atoms with Crippen LogP contribution in [0.5, 0.6) is 5.75 Å². The molecule has 1 amide bonds. The lowest BCUT2D eigenvalue weighted by molar-refractivity contribution is -0.167. The molecule has 1 aromatic carbocycles. The summed E-state index contributed by atoms with van der Waals surface area (Å²) < 4.78 is 12.8. The van der Waals surface area contributed by atoms with Gasteiger partial charge in [-0.1, -0.05) is 18.2 Å². The number of fused-ring (bicyclic) bond motifs is 4. The molecule has 27 heavy (non-hydrogen) atoms. The van der Waals surface area contributed by atoms with Gasteiger partial charge in [0.1, 0.15) is 11.4 Å². The third-order valence-electron chi connectivity index (χ3n) is 6.26. The van der Waals surface area contributed by atoms with Crippen LogP contribution >= 0.6 is 0 Å². The van der Waals surface area contributed by atoms with Crippen molar-refractivity contribution in [3.05, 3.63) is 29.8 Å². The van der Waals surface area contributed by atoms with Crippen LogP contribution < -0.4 is 4.74 Å². The van der Waals surface area contributed by atoms with Gasteiger partial charge >= 0.3 is 5.97 Å². The van der Waals surface area contributed by atoms with Gasteiger partial charge in [-0.2, -0.15) is 0 Å². The third kappa shape index (κ3) is 3.31. The van der Waals surface area contributed by atoms with Crippen LogP contribution in [0.4, 0.5) is 0 Å². The molecule has 0 aromatic heterocycles. The van der Waals surface area contributed by atoms with Crippen molar-refractivity contribution in [3.8, 4) is 5.75 Å². The van der Waals surface area contributed by atoms with E-state index in [1.807, 2.05) is 23.1 Å². The van der Waals surface area contributed by atoms with Gasteiger partial charge in [-0.3, -0.25) is 9.59 Å². The predicted molar refractivity (Wildman–Crippen MR) is 98.5 cm³/mol. The fourth-order valence-corrected chi connectivity index (χ4v) is 4.88. The van der Waals surface area contributed by atoms with Crippen molar-refractivity contribution in [1.82, 2.24) is 4.90 Å². The molecular weight excluding hydrogens is 346 g/mol. The molecule has 2 fully saturated rings. The Hall–Kier alpha value is -2.08. The van der Waals surface area contributed by atoms with Crippen molar-refractivity contribution in [2.75, 3.05) is 6.54 Å². The van der Waals surface area contributed by atoms with Crippen LogP contribution in [0.25, 0.3) is 0 Å². The highest BCUT2D eigenvalue weighted by atomic mass is 16.5. The average Bonchev–Trinajstić information content (AvgIpc) is 3.03. The van der Waals surface area contributed by atoms with E-state index >= 15 is 0 Å². The number of likely N-dealkylation sites (tertiary alicyclic amines) is 1. The van der Waals surface area contributed by atoms with Gasteiger partial charge in [-0.05, 0) is 39.2 Å². The number of amides is 1. The zero-order valence-electron chi connectivity index (χ0n) is 15.9. The summed E-state index contributed by atoms with van der Waals surface area (Å²) in [6.45, 7) is 4.88. The molecule has 1 aromatic rings. The number of carboxylic acids is 1. The number of carboxylic acid groups (broad SMARTS) is 1. The fraction of sp³-hybridized carbons (Fsp3) is 0.619. The summed E-state index contributed by atoms with van der Waals surface area (Å²) in [5.41, 5.74) is 0.733. The minimum atomic E-state index is -0.856. The molecule has 6 nitrogen and oxygen atoms in total. The van der Waals surface area contributed by atoms with E-state index in [4.69, 9.17) is 14.6 Å². The molecule has 1 N–H and O–H groups in total. The smallest absolute Gasteiger partial charge is 0.303 e. The second-order valence-corrected chi connectivity index (χ2v) is 8.37. The van der Waals surface area contributed by atoms with E-state index in [0.29, 0.717) is 13.0 Å². The molecule has 4 rings (SSSR count). The maximum absolute atomic E-state index is 12.6. The Balaban J connectivity index is 1.51. The molecule has 3 aliphatic heterocycles. The molecule has 0 aliphatic carbocycles. The van der Waals surface area contributed by atoms with Gasteiger partial charge in [0.2, 0.25) is 5.91 Å². The van der Waals surface area contributed by atoms with Crippen molar-refractivity contribution < 1.29 is 24.2 Å². The molecule has 0 unspecified atom stereocenters. The quantitative estimate of drug-likeness (QED) is 0.877. The van der Waals surface area contributed by atoms with Crippen LogP contribution in [0, 0.1) is 5.92 Å². The number of carbonyl (C=O) groups is 2. The number of benzene rings is 1. The topological polar surface area (TPSA) is 76.1 Å². The lowest BCUT2D eigenvalue weighted by Gasteiger charge is -2.50. The Morgan fingerprint density at radius 1 is 1.26 bits per heavy atom. The van der Waals surface area contributed by atoms with Crippen molar-refractivity contribution in [1.29, 1.82) is 0 Å². The van der Waals surface area contributed by atoms with Gasteiger partial charge in [-0.25, -0.2) is 0 Å². The Kier molecular flexibility index (Phi) is 4.62. The third-order valence-corrected chi connectivity index (χ3v) is 6.26. The first kappa shape index (κ1) is 18.3. The van der Waals surface area contributed by atoms with Crippen molar-refractivity contribution >= 4 is 11.9 Å². The summed E-state index contributed by atoms with van der Waals surface area (Å²) in [6, 6.07) is 8.12. The number of hydrogen-bond donors (Lipinski definition) is 1. The number of carbonyl (C=O) groups excluding carboxylic acids is 1. The van der Waals surface area contributed by atoms with E-state index in [2.05, 4.69) is 19.9 Å². The van der Waals surface area contributed by atoms with Gasteiger partial charge < -0.3 is 19.5 Å². The first-order valence-electron chi connectivity index (χ1n) is 9.81. The lowest BCUT2D eigenvalue weighted by atomic mass is 9.74. The molecule has 0 bridgehead atoms. The minimum Gasteiger partial charge on any atom is -0.487 e. The van der Waals surface area contributed by atoms with Gasteiger partial charge in [0, 0.05) is 30.9 Å². The highest BCUT2D eigenvalue weighted by molar-refractivity contribution is 5.77. The first-order valence-corrected chi connectivity index (χ1v) is 9.81. The van der Waals surface area contributed by atoms with Crippen LogP contribution in [-0.2, 0) is 14.3 Å². The van der Waals surface area contributed by atoms with Crippen molar-refractivity contribution in [2.24, 2.45) is 5.92 Å². The molecule has 146 valence electrons.